The van der Waals surface area contributed by atoms with Gasteiger partial charge in [0.05, 0.1) is 0 Å². The Morgan fingerprint density at radius 1 is 1.26 bits per heavy atom. The van der Waals surface area contributed by atoms with E-state index in [-0.39, 0.29) is 17.9 Å². The molecule has 23 heavy (non-hydrogen) atoms. The molecule has 2 N–H and O–H groups in total. The summed E-state index contributed by atoms with van der Waals surface area (Å²) in [5.41, 5.74) is 1.41. The largest absolute Gasteiger partial charge is 0.481 e. The first-order chi connectivity index (χ1) is 10.9. The third-order valence-corrected chi connectivity index (χ3v) is 5.07. The first kappa shape index (κ1) is 17.8. The van der Waals surface area contributed by atoms with Crippen LogP contribution in [0, 0.1) is 0 Å². The van der Waals surface area contributed by atoms with Crippen LogP contribution in [0.5, 0.6) is 0 Å². The molecule has 1 aromatic carbocycles. The summed E-state index contributed by atoms with van der Waals surface area (Å²) in [7, 11) is 0. The summed E-state index contributed by atoms with van der Waals surface area (Å²) < 4.78 is 1.07. The van der Waals surface area contributed by atoms with Gasteiger partial charge in [-0.25, -0.2) is 4.79 Å². The summed E-state index contributed by atoms with van der Waals surface area (Å²) in [6.45, 7) is 4.10. The van der Waals surface area contributed by atoms with Gasteiger partial charge in [-0.3, -0.25) is 4.79 Å². The Hall–Kier alpha value is -1.56. The molecule has 5 nitrogen and oxygen atoms in total. The molecule has 1 aliphatic heterocycles. The quantitative estimate of drug-likeness (QED) is 0.766. The molecule has 2 rings (SSSR count). The maximum Gasteiger partial charge on any atom is 0.317 e. The van der Waals surface area contributed by atoms with Gasteiger partial charge in [0.2, 0.25) is 0 Å². The molecule has 0 atom stereocenters. The van der Waals surface area contributed by atoms with Crippen molar-refractivity contribution < 1.29 is 14.7 Å². The Morgan fingerprint density at radius 2 is 1.87 bits per heavy atom. The molecule has 0 saturated carbocycles. The third kappa shape index (κ3) is 4.96. The van der Waals surface area contributed by atoms with Crippen LogP contribution in [0.1, 0.15) is 38.2 Å². The highest BCUT2D eigenvalue weighted by molar-refractivity contribution is 9.10. The van der Waals surface area contributed by atoms with Crippen molar-refractivity contribution in [1.82, 2.24) is 10.2 Å². The van der Waals surface area contributed by atoms with Gasteiger partial charge in [-0.15, -0.1) is 0 Å². The fraction of sp³-hybridized carbons (Fsp3) is 0.529. The van der Waals surface area contributed by atoms with E-state index in [0.717, 1.165) is 30.4 Å². The Morgan fingerprint density at radius 3 is 2.43 bits per heavy atom. The standard InChI is InChI=1S/C17H23BrN2O3/c1-17(13-4-6-14(18)7-5-13)8-11-20(12-9-17)16(23)19-10-2-3-15(21)22/h4-7H,2-3,8-12H2,1H3,(H,19,23)(H,21,22). The number of aliphatic carboxylic acids is 1. The highest BCUT2D eigenvalue weighted by Gasteiger charge is 2.33. The first-order valence-corrected chi connectivity index (χ1v) is 8.71. The van der Waals surface area contributed by atoms with Gasteiger partial charge >= 0.3 is 12.0 Å². The van der Waals surface area contributed by atoms with Gasteiger partial charge in [0.1, 0.15) is 0 Å². The number of benzene rings is 1. The fourth-order valence-corrected chi connectivity index (χ4v) is 3.16. The molecule has 0 radical (unpaired) electrons. The lowest BCUT2D eigenvalue weighted by Gasteiger charge is -2.39. The highest BCUT2D eigenvalue weighted by atomic mass is 79.9. The average molecular weight is 383 g/mol. The maximum atomic E-state index is 12.1. The predicted octanol–water partition coefficient (Wildman–Crippen LogP) is 3.38. The lowest BCUT2D eigenvalue weighted by Crippen LogP contribution is -2.48. The summed E-state index contributed by atoms with van der Waals surface area (Å²) in [6.07, 6.45) is 2.40. The molecule has 1 aliphatic rings. The van der Waals surface area contributed by atoms with Crippen LogP contribution in [-0.4, -0.2) is 41.6 Å². The van der Waals surface area contributed by atoms with Crippen molar-refractivity contribution in [2.45, 2.75) is 38.0 Å². The van der Waals surface area contributed by atoms with Crippen molar-refractivity contribution in [2.75, 3.05) is 19.6 Å². The Bertz CT molecular complexity index is 551. The van der Waals surface area contributed by atoms with Crippen LogP contribution in [0.15, 0.2) is 28.7 Å². The number of nitrogens with zero attached hydrogens (tertiary/aromatic N) is 1. The number of hydrogen-bond acceptors (Lipinski definition) is 2. The fourth-order valence-electron chi connectivity index (χ4n) is 2.89. The monoisotopic (exact) mass is 382 g/mol. The normalized spacial score (nSPS) is 16.9. The second-order valence-electron chi connectivity index (χ2n) is 6.28. The zero-order valence-electron chi connectivity index (χ0n) is 13.3. The minimum atomic E-state index is -0.831. The SMILES string of the molecule is CC1(c2ccc(Br)cc2)CCN(C(=O)NCCCC(=O)O)CC1. The van der Waals surface area contributed by atoms with E-state index in [1.165, 1.54) is 5.56 Å². The van der Waals surface area contributed by atoms with Crippen LogP contribution < -0.4 is 5.32 Å². The van der Waals surface area contributed by atoms with Crippen LogP contribution in [0.4, 0.5) is 4.79 Å². The summed E-state index contributed by atoms with van der Waals surface area (Å²) in [4.78, 5) is 24.4. The van der Waals surface area contributed by atoms with E-state index in [1.807, 2.05) is 4.90 Å². The van der Waals surface area contributed by atoms with Crippen molar-refractivity contribution in [2.24, 2.45) is 0 Å². The zero-order valence-corrected chi connectivity index (χ0v) is 14.9. The number of hydrogen-bond donors (Lipinski definition) is 2. The van der Waals surface area contributed by atoms with Crippen LogP contribution in [0.2, 0.25) is 0 Å². The first-order valence-electron chi connectivity index (χ1n) is 7.91. The van der Waals surface area contributed by atoms with Crippen LogP contribution in [0.3, 0.4) is 0 Å². The Balaban J connectivity index is 1.82. The van der Waals surface area contributed by atoms with Gasteiger partial charge in [-0.2, -0.15) is 0 Å². The number of likely N-dealkylation sites (tertiary alicyclic amines) is 1. The topological polar surface area (TPSA) is 69.6 Å². The minimum absolute atomic E-state index is 0.0852. The van der Waals surface area contributed by atoms with Gasteiger partial charge in [-0.1, -0.05) is 35.0 Å². The van der Waals surface area contributed by atoms with Crippen molar-refractivity contribution in [3.63, 3.8) is 0 Å². The van der Waals surface area contributed by atoms with Crippen molar-refractivity contribution in [3.8, 4) is 0 Å². The molecule has 0 aliphatic carbocycles. The number of rotatable bonds is 5. The minimum Gasteiger partial charge on any atom is -0.481 e. The van der Waals surface area contributed by atoms with E-state index in [4.69, 9.17) is 5.11 Å². The summed E-state index contributed by atoms with van der Waals surface area (Å²) in [5.74, 6) is -0.831. The van der Waals surface area contributed by atoms with Gasteiger partial charge in [-0.05, 0) is 42.4 Å². The van der Waals surface area contributed by atoms with E-state index >= 15 is 0 Å². The average Bonchev–Trinajstić information content (AvgIpc) is 2.52. The number of halogens is 1. The molecule has 6 heteroatoms. The number of carbonyl (C=O) groups is 2. The summed E-state index contributed by atoms with van der Waals surface area (Å²) in [6, 6.07) is 8.31. The molecule has 126 valence electrons. The lowest BCUT2D eigenvalue weighted by atomic mass is 9.74. The van der Waals surface area contributed by atoms with Crippen molar-refractivity contribution in [3.05, 3.63) is 34.3 Å². The lowest BCUT2D eigenvalue weighted by molar-refractivity contribution is -0.137. The molecule has 0 spiro atoms. The number of carboxylic acid groups (broad SMARTS) is 1. The number of nitrogens with one attached hydrogen (secondary N) is 1. The molecule has 2 amide bonds. The third-order valence-electron chi connectivity index (χ3n) is 4.54. The van der Waals surface area contributed by atoms with Crippen molar-refractivity contribution >= 4 is 27.9 Å². The molecular weight excluding hydrogens is 360 g/mol. The predicted molar refractivity (Wildman–Crippen MR) is 92.6 cm³/mol. The Labute approximate surface area is 145 Å². The highest BCUT2D eigenvalue weighted by Crippen LogP contribution is 2.35. The van der Waals surface area contributed by atoms with E-state index in [9.17, 15) is 9.59 Å². The maximum absolute atomic E-state index is 12.1. The van der Waals surface area contributed by atoms with Crippen LogP contribution >= 0.6 is 15.9 Å². The van der Waals surface area contributed by atoms with Gasteiger partial charge in [0.25, 0.3) is 0 Å². The molecule has 1 heterocycles. The van der Waals surface area contributed by atoms with E-state index < -0.39 is 5.97 Å². The smallest absolute Gasteiger partial charge is 0.317 e. The molecule has 1 saturated heterocycles. The van der Waals surface area contributed by atoms with Crippen molar-refractivity contribution in [1.29, 1.82) is 0 Å². The van der Waals surface area contributed by atoms with E-state index in [1.54, 1.807) is 0 Å². The van der Waals surface area contributed by atoms with E-state index in [0.29, 0.717) is 13.0 Å². The van der Waals surface area contributed by atoms with Gasteiger partial charge in [0, 0.05) is 30.5 Å². The van der Waals surface area contributed by atoms with Crippen LogP contribution in [-0.2, 0) is 10.2 Å². The summed E-state index contributed by atoms with van der Waals surface area (Å²) in [5, 5.41) is 11.4. The van der Waals surface area contributed by atoms with E-state index in [2.05, 4.69) is 52.4 Å². The van der Waals surface area contributed by atoms with Crippen LogP contribution in [0.25, 0.3) is 0 Å². The zero-order chi connectivity index (χ0) is 16.9. The second kappa shape index (κ2) is 7.81. The van der Waals surface area contributed by atoms with Gasteiger partial charge in [0.15, 0.2) is 0 Å². The summed E-state index contributed by atoms with van der Waals surface area (Å²) >= 11 is 3.46. The van der Waals surface area contributed by atoms with Gasteiger partial charge < -0.3 is 15.3 Å². The molecular formula is C17H23BrN2O3. The number of carboxylic acids is 1. The Kier molecular flexibility index (Phi) is 6.04. The number of urea groups is 1. The number of amides is 2. The number of piperidine rings is 1. The molecule has 1 fully saturated rings. The molecule has 0 unspecified atom stereocenters. The second-order valence-corrected chi connectivity index (χ2v) is 7.20. The molecule has 0 bridgehead atoms. The number of carbonyl (C=O) groups excluding carboxylic acids is 1. The molecule has 1 aromatic rings. The molecule has 0 aromatic heterocycles.